The average molecular weight is 453 g/mol. The summed E-state index contributed by atoms with van der Waals surface area (Å²) >= 11 is 2.17. The van der Waals surface area contributed by atoms with Crippen LogP contribution in [0.5, 0.6) is 0 Å². The number of aliphatic carboxylic acids is 1. The van der Waals surface area contributed by atoms with Gasteiger partial charge in [-0.25, -0.2) is 0 Å². The Balaban J connectivity index is 1.24. The van der Waals surface area contributed by atoms with Crippen molar-refractivity contribution >= 4 is 17.7 Å². The highest BCUT2D eigenvalue weighted by Gasteiger charge is 2.46. The van der Waals surface area contributed by atoms with Gasteiger partial charge in [-0.15, -0.1) is 11.8 Å². The quantitative estimate of drug-likeness (QED) is 0.182. The number of benzene rings is 1. The zero-order valence-electron chi connectivity index (χ0n) is 19.5. The third-order valence-electron chi connectivity index (χ3n) is 7.27. The van der Waals surface area contributed by atoms with Crippen LogP contribution in [0.15, 0.2) is 42.5 Å². The average Bonchev–Trinajstić information content (AvgIpc) is 3.40. The molecule has 0 aliphatic heterocycles. The molecule has 1 aromatic carbocycles. The van der Waals surface area contributed by atoms with E-state index in [4.69, 9.17) is 5.11 Å². The molecule has 0 aromatic heterocycles. The minimum Gasteiger partial charge on any atom is -0.481 e. The van der Waals surface area contributed by atoms with Gasteiger partial charge in [0, 0.05) is 19.3 Å². The summed E-state index contributed by atoms with van der Waals surface area (Å²) in [5.41, 5.74) is 1.38. The van der Waals surface area contributed by atoms with Crippen LogP contribution < -0.4 is 0 Å². The molecular weight excluding hydrogens is 412 g/mol. The highest BCUT2D eigenvalue weighted by atomic mass is 32.2. The molecule has 3 rings (SSSR count). The van der Waals surface area contributed by atoms with Gasteiger partial charge in [0.2, 0.25) is 0 Å². The number of hydrogen-bond donors (Lipinski definition) is 1. The van der Waals surface area contributed by atoms with Crippen LogP contribution >= 0.6 is 11.8 Å². The first-order valence-electron chi connectivity index (χ1n) is 12.7. The fourth-order valence-electron chi connectivity index (χ4n) is 5.56. The van der Waals surface area contributed by atoms with Crippen LogP contribution in [0, 0.1) is 35.5 Å². The van der Waals surface area contributed by atoms with Crippen molar-refractivity contribution in [3.63, 3.8) is 0 Å². The van der Waals surface area contributed by atoms with Gasteiger partial charge in [0.25, 0.3) is 0 Å². The second-order valence-electron chi connectivity index (χ2n) is 9.53. The summed E-state index contributed by atoms with van der Waals surface area (Å²) in [6, 6.07) is 10.6. The molecule has 3 heteroatoms. The van der Waals surface area contributed by atoms with E-state index in [1.54, 1.807) is 0 Å². The van der Waals surface area contributed by atoms with Crippen molar-refractivity contribution < 1.29 is 9.90 Å². The van der Waals surface area contributed by atoms with Crippen LogP contribution in [0.25, 0.3) is 0 Å². The van der Waals surface area contributed by atoms with Gasteiger partial charge in [-0.2, -0.15) is 11.8 Å². The van der Waals surface area contributed by atoms with Crippen LogP contribution in [0.4, 0.5) is 0 Å². The first-order valence-corrected chi connectivity index (χ1v) is 13.8. The normalized spacial score (nSPS) is 24.0. The Bertz CT molecular complexity index is 760. The first kappa shape index (κ1) is 25.0. The predicted molar refractivity (Wildman–Crippen MR) is 137 cm³/mol. The number of fused-ring (bicyclic) bond motifs is 2. The number of carboxylic acids is 1. The van der Waals surface area contributed by atoms with E-state index < -0.39 is 5.97 Å². The topological polar surface area (TPSA) is 37.3 Å². The lowest BCUT2D eigenvalue weighted by Crippen LogP contribution is -2.24. The van der Waals surface area contributed by atoms with Gasteiger partial charge in [0.15, 0.2) is 0 Å². The van der Waals surface area contributed by atoms with E-state index in [2.05, 4.69) is 66.1 Å². The molecular formula is C29H40O2S. The molecule has 4 atom stereocenters. The fraction of sp³-hybridized carbons (Fsp3) is 0.621. The monoisotopic (exact) mass is 452 g/mol. The van der Waals surface area contributed by atoms with E-state index in [0.717, 1.165) is 55.8 Å². The Morgan fingerprint density at radius 2 is 1.78 bits per heavy atom. The van der Waals surface area contributed by atoms with Gasteiger partial charge >= 0.3 is 5.97 Å². The zero-order valence-corrected chi connectivity index (χ0v) is 20.3. The highest BCUT2D eigenvalue weighted by Crippen LogP contribution is 2.54. The van der Waals surface area contributed by atoms with Gasteiger partial charge in [-0.1, -0.05) is 42.5 Å². The number of hydrogen-bond acceptors (Lipinski definition) is 2. The van der Waals surface area contributed by atoms with Crippen molar-refractivity contribution in [2.24, 2.45) is 23.7 Å². The van der Waals surface area contributed by atoms with Crippen molar-refractivity contribution in [2.45, 2.75) is 77.0 Å². The molecule has 2 aliphatic carbocycles. The van der Waals surface area contributed by atoms with Crippen LogP contribution in [-0.4, -0.2) is 22.6 Å². The van der Waals surface area contributed by atoms with Crippen molar-refractivity contribution in [1.82, 2.24) is 0 Å². The molecule has 0 spiro atoms. The standard InChI is InChI=1S/C29H40O2S/c30-29(31)18-12-5-4-11-17-27-25-19-20-26(22-25)28(27)23-32-21-13-6-2-1-3-8-14-24-15-9-7-10-16-24/h4,7,9-11,15-16,25-28H,2,5-6,8,12-14,17-23H2,(H,30,31)/t25-,26+,27-,28+/m0/s1. The number of thioether (sulfide) groups is 1. The second-order valence-corrected chi connectivity index (χ2v) is 10.7. The van der Waals surface area contributed by atoms with Crippen LogP contribution in [-0.2, 0) is 11.2 Å². The smallest absolute Gasteiger partial charge is 0.303 e. The SMILES string of the molecule is O=C(O)CCCC=CC[C@H]1[C@H]2CC[C@H](C2)[C@H]1CSCCCCC#CCCc1ccccc1. The molecule has 2 saturated carbocycles. The molecule has 2 bridgehead atoms. The van der Waals surface area contributed by atoms with Crippen molar-refractivity contribution in [3.8, 4) is 11.8 Å². The first-order chi connectivity index (χ1) is 15.7. The summed E-state index contributed by atoms with van der Waals surface area (Å²) < 4.78 is 0. The van der Waals surface area contributed by atoms with Gasteiger partial charge in [-0.3, -0.25) is 4.79 Å². The Kier molecular flexibility index (Phi) is 11.3. The molecule has 2 fully saturated rings. The summed E-state index contributed by atoms with van der Waals surface area (Å²) in [6.07, 6.45) is 17.7. The van der Waals surface area contributed by atoms with Crippen molar-refractivity contribution in [1.29, 1.82) is 0 Å². The summed E-state index contributed by atoms with van der Waals surface area (Å²) in [5.74, 6) is 12.3. The lowest BCUT2D eigenvalue weighted by atomic mass is 9.78. The van der Waals surface area contributed by atoms with Gasteiger partial charge < -0.3 is 5.11 Å². The Morgan fingerprint density at radius 1 is 1.00 bits per heavy atom. The molecule has 2 aliphatic rings. The molecule has 1 N–H and O–H groups in total. The van der Waals surface area contributed by atoms with E-state index in [0.29, 0.717) is 0 Å². The Hall–Kier alpha value is -1.66. The van der Waals surface area contributed by atoms with E-state index in [1.807, 2.05) is 0 Å². The Morgan fingerprint density at radius 3 is 2.59 bits per heavy atom. The number of carboxylic acid groups (broad SMARTS) is 1. The molecule has 0 unspecified atom stereocenters. The Labute approximate surface area is 199 Å². The third kappa shape index (κ3) is 8.70. The number of aryl methyl sites for hydroxylation is 1. The minimum atomic E-state index is -0.682. The van der Waals surface area contributed by atoms with Crippen molar-refractivity contribution in [2.75, 3.05) is 11.5 Å². The van der Waals surface area contributed by atoms with Crippen LogP contribution in [0.1, 0.15) is 76.2 Å². The van der Waals surface area contributed by atoms with Crippen LogP contribution in [0.2, 0.25) is 0 Å². The number of allylic oxidation sites excluding steroid dienone is 2. The van der Waals surface area contributed by atoms with Crippen LogP contribution in [0.3, 0.4) is 0 Å². The predicted octanol–water partition coefficient (Wildman–Crippen LogP) is 7.39. The second kappa shape index (κ2) is 14.5. The largest absolute Gasteiger partial charge is 0.481 e. The maximum Gasteiger partial charge on any atom is 0.303 e. The number of rotatable bonds is 14. The van der Waals surface area contributed by atoms with E-state index in [-0.39, 0.29) is 6.42 Å². The summed E-state index contributed by atoms with van der Waals surface area (Å²) in [4.78, 5) is 10.6. The maximum atomic E-state index is 10.6. The molecule has 1 aromatic rings. The molecule has 0 saturated heterocycles. The number of carbonyl (C=O) groups is 1. The van der Waals surface area contributed by atoms with Gasteiger partial charge in [0.1, 0.15) is 0 Å². The van der Waals surface area contributed by atoms with E-state index in [9.17, 15) is 4.79 Å². The van der Waals surface area contributed by atoms with Crippen molar-refractivity contribution in [3.05, 3.63) is 48.0 Å². The molecule has 32 heavy (non-hydrogen) atoms. The molecule has 2 nitrogen and oxygen atoms in total. The molecule has 0 radical (unpaired) electrons. The van der Waals surface area contributed by atoms with E-state index >= 15 is 0 Å². The molecule has 0 heterocycles. The highest BCUT2D eigenvalue weighted by molar-refractivity contribution is 7.99. The maximum absolute atomic E-state index is 10.6. The van der Waals surface area contributed by atoms with Gasteiger partial charge in [-0.05, 0) is 98.5 Å². The van der Waals surface area contributed by atoms with E-state index in [1.165, 1.54) is 55.6 Å². The van der Waals surface area contributed by atoms with Gasteiger partial charge in [0.05, 0.1) is 0 Å². The number of unbranched alkanes of at least 4 members (excludes halogenated alkanes) is 3. The molecule has 0 amide bonds. The summed E-state index contributed by atoms with van der Waals surface area (Å²) in [7, 11) is 0. The lowest BCUT2D eigenvalue weighted by Gasteiger charge is -2.30. The third-order valence-corrected chi connectivity index (χ3v) is 8.47. The minimum absolute atomic E-state index is 0.289. The summed E-state index contributed by atoms with van der Waals surface area (Å²) in [5, 5.41) is 8.74. The zero-order chi connectivity index (χ0) is 22.4. The molecule has 174 valence electrons. The summed E-state index contributed by atoms with van der Waals surface area (Å²) in [6.45, 7) is 0. The lowest BCUT2D eigenvalue weighted by molar-refractivity contribution is -0.137. The fourth-order valence-corrected chi connectivity index (χ4v) is 6.93.